The van der Waals surface area contributed by atoms with Crippen molar-refractivity contribution < 1.29 is 23.1 Å². The van der Waals surface area contributed by atoms with E-state index in [0.29, 0.717) is 12.3 Å². The molecule has 2 N–H and O–H groups in total. The number of carboxylic acids is 1. The number of sulfonamides is 1. The summed E-state index contributed by atoms with van der Waals surface area (Å²) in [6.07, 6.45) is 0. The molecular formula is C16H20N2O5S. The van der Waals surface area contributed by atoms with Gasteiger partial charge in [-0.3, -0.25) is 4.79 Å². The van der Waals surface area contributed by atoms with Gasteiger partial charge in [0.25, 0.3) is 0 Å². The first-order valence-electron chi connectivity index (χ1n) is 7.48. The van der Waals surface area contributed by atoms with E-state index < -0.39 is 28.1 Å². The Morgan fingerprint density at radius 3 is 2.67 bits per heavy atom. The zero-order valence-corrected chi connectivity index (χ0v) is 14.3. The molecule has 1 heterocycles. The second-order valence-electron chi connectivity index (χ2n) is 5.33. The molecule has 1 saturated heterocycles. The molecule has 130 valence electrons. The van der Waals surface area contributed by atoms with Crippen molar-refractivity contribution in [1.29, 1.82) is 0 Å². The number of ether oxygens (including phenoxy) is 1. The summed E-state index contributed by atoms with van der Waals surface area (Å²) in [4.78, 5) is 11.5. The monoisotopic (exact) mass is 352 g/mol. The fourth-order valence-electron chi connectivity index (χ4n) is 2.54. The van der Waals surface area contributed by atoms with E-state index in [9.17, 15) is 18.3 Å². The quantitative estimate of drug-likeness (QED) is 0.750. The van der Waals surface area contributed by atoms with Crippen molar-refractivity contribution in [3.63, 3.8) is 0 Å². The molecule has 0 aliphatic carbocycles. The Bertz CT molecular complexity index is 749. The SMILES string of the molecule is CC#CCOc1ccc(S(=O)(=O)N2CCNC(C)C2C(=O)O)cc1. The number of nitrogens with one attached hydrogen (secondary N) is 1. The number of benzene rings is 1. The summed E-state index contributed by atoms with van der Waals surface area (Å²) in [5.74, 6) is 4.77. The number of carbonyl (C=O) groups is 1. The smallest absolute Gasteiger partial charge is 0.323 e. The highest BCUT2D eigenvalue weighted by Gasteiger charge is 2.41. The van der Waals surface area contributed by atoms with Crippen LogP contribution in [-0.4, -0.2) is 55.6 Å². The highest BCUT2D eigenvalue weighted by Crippen LogP contribution is 2.23. The molecule has 24 heavy (non-hydrogen) atoms. The van der Waals surface area contributed by atoms with Gasteiger partial charge in [0.2, 0.25) is 10.0 Å². The van der Waals surface area contributed by atoms with Gasteiger partial charge in [-0.05, 0) is 38.1 Å². The van der Waals surface area contributed by atoms with E-state index in [1.54, 1.807) is 13.8 Å². The molecule has 1 aliphatic heterocycles. The molecule has 8 heteroatoms. The third-order valence-corrected chi connectivity index (χ3v) is 5.65. The van der Waals surface area contributed by atoms with E-state index >= 15 is 0 Å². The van der Waals surface area contributed by atoms with Gasteiger partial charge in [-0.25, -0.2) is 8.42 Å². The maximum atomic E-state index is 12.8. The van der Waals surface area contributed by atoms with Crippen LogP contribution in [0.1, 0.15) is 13.8 Å². The van der Waals surface area contributed by atoms with Gasteiger partial charge in [0, 0.05) is 19.1 Å². The summed E-state index contributed by atoms with van der Waals surface area (Å²) >= 11 is 0. The minimum atomic E-state index is -3.90. The van der Waals surface area contributed by atoms with Gasteiger partial charge >= 0.3 is 5.97 Å². The fraction of sp³-hybridized carbons (Fsp3) is 0.438. The van der Waals surface area contributed by atoms with Crippen LogP contribution in [0.25, 0.3) is 0 Å². The first-order chi connectivity index (χ1) is 11.4. The lowest BCUT2D eigenvalue weighted by Crippen LogP contribution is -2.61. The van der Waals surface area contributed by atoms with Crippen molar-refractivity contribution in [2.24, 2.45) is 0 Å². The van der Waals surface area contributed by atoms with E-state index in [0.717, 1.165) is 4.31 Å². The van der Waals surface area contributed by atoms with Crippen LogP contribution in [0.2, 0.25) is 0 Å². The average Bonchev–Trinajstić information content (AvgIpc) is 2.55. The van der Waals surface area contributed by atoms with Crippen LogP contribution >= 0.6 is 0 Å². The van der Waals surface area contributed by atoms with Gasteiger partial charge in [0.05, 0.1) is 4.90 Å². The molecule has 1 aliphatic rings. The van der Waals surface area contributed by atoms with Crippen LogP contribution in [0.3, 0.4) is 0 Å². The topological polar surface area (TPSA) is 95.9 Å². The van der Waals surface area contributed by atoms with Crippen LogP contribution in [0, 0.1) is 11.8 Å². The summed E-state index contributed by atoms with van der Waals surface area (Å²) in [6.45, 7) is 4.09. The highest BCUT2D eigenvalue weighted by atomic mass is 32.2. The number of hydrogen-bond acceptors (Lipinski definition) is 5. The number of nitrogens with zero attached hydrogens (tertiary/aromatic N) is 1. The van der Waals surface area contributed by atoms with Crippen molar-refractivity contribution in [3.8, 4) is 17.6 Å². The number of carboxylic acid groups (broad SMARTS) is 1. The van der Waals surface area contributed by atoms with Crippen LogP contribution in [0.4, 0.5) is 0 Å². The van der Waals surface area contributed by atoms with Crippen LogP contribution in [0.5, 0.6) is 5.75 Å². The maximum Gasteiger partial charge on any atom is 0.323 e. The Kier molecular flexibility index (Phi) is 5.83. The van der Waals surface area contributed by atoms with Crippen molar-refractivity contribution in [3.05, 3.63) is 24.3 Å². The van der Waals surface area contributed by atoms with E-state index in [2.05, 4.69) is 17.2 Å². The lowest BCUT2D eigenvalue weighted by molar-refractivity contribution is -0.143. The first-order valence-corrected chi connectivity index (χ1v) is 8.92. The fourth-order valence-corrected chi connectivity index (χ4v) is 4.20. The summed E-state index contributed by atoms with van der Waals surface area (Å²) in [7, 11) is -3.90. The van der Waals surface area contributed by atoms with Gasteiger partial charge in [0.1, 0.15) is 18.4 Å². The largest absolute Gasteiger partial charge is 0.481 e. The second kappa shape index (κ2) is 7.66. The Labute approximate surface area is 141 Å². The van der Waals surface area contributed by atoms with E-state index in [4.69, 9.17) is 4.74 Å². The molecule has 2 atom stereocenters. The van der Waals surface area contributed by atoms with Crippen LogP contribution in [-0.2, 0) is 14.8 Å². The van der Waals surface area contributed by atoms with Gasteiger partial charge < -0.3 is 15.2 Å². The lowest BCUT2D eigenvalue weighted by atomic mass is 10.1. The highest BCUT2D eigenvalue weighted by molar-refractivity contribution is 7.89. The number of hydrogen-bond donors (Lipinski definition) is 2. The third kappa shape index (κ3) is 3.87. The lowest BCUT2D eigenvalue weighted by Gasteiger charge is -2.36. The van der Waals surface area contributed by atoms with Crippen LogP contribution in [0.15, 0.2) is 29.2 Å². The number of piperazine rings is 1. The zero-order valence-electron chi connectivity index (χ0n) is 13.5. The van der Waals surface area contributed by atoms with E-state index in [1.807, 2.05) is 0 Å². The molecule has 7 nitrogen and oxygen atoms in total. The molecule has 0 amide bonds. The molecule has 2 unspecified atom stereocenters. The van der Waals surface area contributed by atoms with Gasteiger partial charge in [0.15, 0.2) is 0 Å². The summed E-state index contributed by atoms with van der Waals surface area (Å²) in [5.41, 5.74) is 0. The molecule has 0 radical (unpaired) electrons. The standard InChI is InChI=1S/C16H20N2O5S/c1-3-4-11-23-13-5-7-14(8-6-13)24(21,22)18-10-9-17-12(2)15(18)16(19)20/h5-8,12,15,17H,9-11H2,1-2H3,(H,19,20). The zero-order chi connectivity index (χ0) is 17.7. The number of rotatable bonds is 5. The first kappa shape index (κ1) is 18.3. The Morgan fingerprint density at radius 2 is 2.08 bits per heavy atom. The Balaban J connectivity index is 2.24. The minimum Gasteiger partial charge on any atom is -0.481 e. The average molecular weight is 352 g/mol. The molecule has 2 rings (SSSR count). The van der Waals surface area contributed by atoms with Crippen molar-refractivity contribution in [2.45, 2.75) is 30.8 Å². The predicted molar refractivity (Wildman–Crippen MR) is 88.2 cm³/mol. The third-order valence-electron chi connectivity index (χ3n) is 3.75. The summed E-state index contributed by atoms with van der Waals surface area (Å²) in [5, 5.41) is 12.4. The van der Waals surface area contributed by atoms with Crippen molar-refractivity contribution in [2.75, 3.05) is 19.7 Å². The van der Waals surface area contributed by atoms with Crippen LogP contribution < -0.4 is 10.1 Å². The Morgan fingerprint density at radius 1 is 1.42 bits per heavy atom. The maximum absolute atomic E-state index is 12.8. The molecule has 1 aromatic carbocycles. The number of aliphatic carboxylic acids is 1. The molecule has 1 aromatic rings. The van der Waals surface area contributed by atoms with Gasteiger partial charge in [-0.2, -0.15) is 4.31 Å². The molecule has 1 fully saturated rings. The normalized spacial score (nSPS) is 21.6. The van der Waals surface area contributed by atoms with Gasteiger partial charge in [-0.1, -0.05) is 5.92 Å². The minimum absolute atomic E-state index is 0.0387. The molecule has 0 aromatic heterocycles. The van der Waals surface area contributed by atoms with Crippen molar-refractivity contribution >= 4 is 16.0 Å². The molecule has 0 bridgehead atoms. The van der Waals surface area contributed by atoms with E-state index in [-0.39, 0.29) is 18.0 Å². The summed E-state index contributed by atoms with van der Waals surface area (Å²) < 4.78 is 32.0. The van der Waals surface area contributed by atoms with Gasteiger partial charge in [-0.15, -0.1) is 5.92 Å². The molecule has 0 spiro atoms. The summed E-state index contributed by atoms with van der Waals surface area (Å²) in [6, 6.07) is 4.28. The van der Waals surface area contributed by atoms with Crippen molar-refractivity contribution in [1.82, 2.24) is 9.62 Å². The van der Waals surface area contributed by atoms with E-state index in [1.165, 1.54) is 24.3 Å². The predicted octanol–water partition coefficient (Wildman–Crippen LogP) is 0.524. The molecular weight excluding hydrogens is 332 g/mol. The second-order valence-corrected chi connectivity index (χ2v) is 7.22. The molecule has 0 saturated carbocycles. The Hall–Kier alpha value is -2.08.